The average Bonchev–Trinajstić information content (AvgIpc) is 2.63. The third-order valence-corrected chi connectivity index (χ3v) is 3.84. The first-order chi connectivity index (χ1) is 8.62. The molecule has 0 aliphatic carbocycles. The van der Waals surface area contributed by atoms with Crippen LogP contribution in [0.25, 0.3) is 0 Å². The molecule has 0 saturated carbocycles. The molecular formula is C15H13ClN2. The Balaban J connectivity index is 2.24. The lowest BCUT2D eigenvalue weighted by molar-refractivity contribution is 0.785. The topological polar surface area (TPSA) is 38.4 Å². The van der Waals surface area contributed by atoms with Gasteiger partial charge in [0.1, 0.15) is 5.84 Å². The van der Waals surface area contributed by atoms with Crippen molar-refractivity contribution in [2.45, 2.75) is 12.3 Å². The summed E-state index contributed by atoms with van der Waals surface area (Å²) in [5, 5.41) is 0.683. The Morgan fingerprint density at radius 2 is 1.83 bits per heavy atom. The van der Waals surface area contributed by atoms with Crippen molar-refractivity contribution in [2.75, 3.05) is 0 Å². The summed E-state index contributed by atoms with van der Waals surface area (Å²) in [5.41, 5.74) is 8.91. The van der Waals surface area contributed by atoms with E-state index in [1.54, 1.807) is 0 Å². The van der Waals surface area contributed by atoms with Gasteiger partial charge in [0.25, 0.3) is 0 Å². The van der Waals surface area contributed by atoms with Crippen molar-refractivity contribution in [1.29, 1.82) is 0 Å². The lowest BCUT2D eigenvalue weighted by atomic mass is 9.76. The maximum absolute atomic E-state index is 6.15. The number of aliphatic imine (C=N–C) groups is 1. The summed E-state index contributed by atoms with van der Waals surface area (Å²) in [4.78, 5) is 4.45. The molecule has 2 nitrogen and oxygen atoms in total. The third kappa shape index (κ3) is 1.46. The zero-order valence-electron chi connectivity index (χ0n) is 10.0. The van der Waals surface area contributed by atoms with Crippen molar-refractivity contribution in [3.05, 3.63) is 64.7 Å². The highest BCUT2D eigenvalue weighted by molar-refractivity contribution is 6.31. The molecule has 2 aromatic carbocycles. The summed E-state index contributed by atoms with van der Waals surface area (Å²) in [6.45, 7) is 2.10. The van der Waals surface area contributed by atoms with Crippen LogP contribution in [-0.2, 0) is 5.41 Å². The normalized spacial score (nSPS) is 21.6. The van der Waals surface area contributed by atoms with Crippen LogP contribution in [-0.4, -0.2) is 5.84 Å². The fraction of sp³-hybridized carbons (Fsp3) is 0.133. The predicted molar refractivity (Wildman–Crippen MR) is 75.6 cm³/mol. The van der Waals surface area contributed by atoms with Gasteiger partial charge in [-0.25, -0.2) is 4.99 Å². The van der Waals surface area contributed by atoms with E-state index in [-0.39, 0.29) is 5.41 Å². The second kappa shape index (κ2) is 3.85. The van der Waals surface area contributed by atoms with E-state index in [4.69, 9.17) is 17.3 Å². The molecule has 0 saturated heterocycles. The van der Waals surface area contributed by atoms with Gasteiger partial charge in [-0.3, -0.25) is 0 Å². The first kappa shape index (κ1) is 11.3. The van der Waals surface area contributed by atoms with Crippen LogP contribution < -0.4 is 5.73 Å². The van der Waals surface area contributed by atoms with Gasteiger partial charge in [-0.15, -0.1) is 0 Å². The Bertz CT molecular complexity index is 634. The van der Waals surface area contributed by atoms with Gasteiger partial charge in [0.15, 0.2) is 0 Å². The number of benzene rings is 2. The van der Waals surface area contributed by atoms with Crippen molar-refractivity contribution in [1.82, 2.24) is 0 Å². The molecule has 1 aliphatic heterocycles. The highest BCUT2D eigenvalue weighted by atomic mass is 35.5. The maximum Gasteiger partial charge on any atom is 0.115 e. The molecule has 0 aromatic heterocycles. The Labute approximate surface area is 111 Å². The molecule has 18 heavy (non-hydrogen) atoms. The second-order valence-electron chi connectivity index (χ2n) is 4.65. The molecular weight excluding hydrogens is 244 g/mol. The number of nitrogens with zero attached hydrogens (tertiary/aromatic N) is 1. The molecule has 3 rings (SSSR count). The van der Waals surface area contributed by atoms with Crippen molar-refractivity contribution in [2.24, 2.45) is 10.7 Å². The van der Waals surface area contributed by atoms with Crippen LogP contribution in [0.15, 0.2) is 53.5 Å². The van der Waals surface area contributed by atoms with E-state index in [2.05, 4.69) is 24.0 Å². The Morgan fingerprint density at radius 1 is 1.11 bits per heavy atom. The number of halogens is 1. The van der Waals surface area contributed by atoms with Crippen LogP contribution in [0.1, 0.15) is 18.1 Å². The van der Waals surface area contributed by atoms with Gasteiger partial charge in [-0.1, -0.05) is 48.0 Å². The molecule has 0 amide bonds. The van der Waals surface area contributed by atoms with Gasteiger partial charge in [0.2, 0.25) is 0 Å². The fourth-order valence-electron chi connectivity index (χ4n) is 2.47. The number of nitrogens with two attached hydrogens (primary N) is 1. The van der Waals surface area contributed by atoms with E-state index in [1.807, 2.05) is 36.4 Å². The highest BCUT2D eigenvalue weighted by Crippen LogP contribution is 2.44. The molecule has 2 N–H and O–H groups in total. The van der Waals surface area contributed by atoms with Crippen LogP contribution in [0.2, 0.25) is 5.02 Å². The number of amidine groups is 1. The monoisotopic (exact) mass is 256 g/mol. The minimum atomic E-state index is -0.360. The summed E-state index contributed by atoms with van der Waals surface area (Å²) in [7, 11) is 0. The van der Waals surface area contributed by atoms with E-state index in [9.17, 15) is 0 Å². The lowest BCUT2D eigenvalue weighted by Gasteiger charge is -2.26. The smallest absolute Gasteiger partial charge is 0.115 e. The first-order valence-corrected chi connectivity index (χ1v) is 6.20. The molecule has 1 aliphatic rings. The lowest BCUT2D eigenvalue weighted by Crippen LogP contribution is -2.36. The minimum absolute atomic E-state index is 0.360. The largest absolute Gasteiger partial charge is 0.386 e. The highest BCUT2D eigenvalue weighted by Gasteiger charge is 2.39. The minimum Gasteiger partial charge on any atom is -0.386 e. The van der Waals surface area contributed by atoms with Gasteiger partial charge >= 0.3 is 0 Å². The van der Waals surface area contributed by atoms with Crippen molar-refractivity contribution < 1.29 is 0 Å². The predicted octanol–water partition coefficient (Wildman–Crippen LogP) is 3.65. The standard InChI is InChI=1S/C15H13ClN2/c1-15(10-5-3-2-4-6-10)12-8-7-11(16)9-13(12)18-14(15)17/h2-9H,1H3,(H2,17,18). The van der Waals surface area contributed by atoms with Gasteiger partial charge in [-0.2, -0.15) is 0 Å². The Kier molecular flexibility index (Phi) is 2.42. The van der Waals surface area contributed by atoms with Gasteiger partial charge in [0, 0.05) is 5.02 Å². The van der Waals surface area contributed by atoms with Crippen molar-refractivity contribution in [3.63, 3.8) is 0 Å². The molecule has 1 unspecified atom stereocenters. The quantitative estimate of drug-likeness (QED) is 0.831. The first-order valence-electron chi connectivity index (χ1n) is 5.82. The van der Waals surface area contributed by atoms with E-state index < -0.39 is 0 Å². The summed E-state index contributed by atoms with van der Waals surface area (Å²) in [6, 6.07) is 15.9. The summed E-state index contributed by atoms with van der Waals surface area (Å²) >= 11 is 6.00. The van der Waals surface area contributed by atoms with Gasteiger partial charge in [-0.05, 0) is 30.2 Å². The molecule has 1 atom stereocenters. The number of hydrogen-bond acceptors (Lipinski definition) is 2. The van der Waals surface area contributed by atoms with E-state index in [0.29, 0.717) is 10.9 Å². The Morgan fingerprint density at radius 3 is 2.56 bits per heavy atom. The molecule has 3 heteroatoms. The average molecular weight is 257 g/mol. The van der Waals surface area contributed by atoms with Gasteiger partial charge in [0.05, 0.1) is 11.1 Å². The zero-order chi connectivity index (χ0) is 12.8. The van der Waals surface area contributed by atoms with Crippen LogP contribution in [0.5, 0.6) is 0 Å². The maximum atomic E-state index is 6.15. The SMILES string of the molecule is CC1(c2ccccc2)C(N)=Nc2cc(Cl)ccc21. The molecule has 0 radical (unpaired) electrons. The molecule has 0 bridgehead atoms. The van der Waals surface area contributed by atoms with Crippen molar-refractivity contribution >= 4 is 23.1 Å². The number of hydrogen-bond donors (Lipinski definition) is 1. The number of rotatable bonds is 1. The van der Waals surface area contributed by atoms with E-state index in [1.165, 1.54) is 0 Å². The zero-order valence-corrected chi connectivity index (χ0v) is 10.8. The van der Waals surface area contributed by atoms with E-state index in [0.717, 1.165) is 16.8 Å². The molecule has 1 heterocycles. The van der Waals surface area contributed by atoms with Crippen LogP contribution in [0, 0.1) is 0 Å². The summed E-state index contributed by atoms with van der Waals surface area (Å²) in [5.74, 6) is 0.617. The molecule has 2 aromatic rings. The fourth-order valence-corrected chi connectivity index (χ4v) is 2.64. The molecule has 0 fully saturated rings. The van der Waals surface area contributed by atoms with Gasteiger partial charge < -0.3 is 5.73 Å². The van der Waals surface area contributed by atoms with Crippen LogP contribution in [0.4, 0.5) is 5.69 Å². The third-order valence-electron chi connectivity index (χ3n) is 3.60. The van der Waals surface area contributed by atoms with Crippen molar-refractivity contribution in [3.8, 4) is 0 Å². The van der Waals surface area contributed by atoms with E-state index >= 15 is 0 Å². The summed E-state index contributed by atoms with van der Waals surface area (Å²) < 4.78 is 0. The molecule has 90 valence electrons. The van der Waals surface area contributed by atoms with Crippen LogP contribution in [0.3, 0.4) is 0 Å². The molecule has 0 spiro atoms. The number of fused-ring (bicyclic) bond motifs is 1. The van der Waals surface area contributed by atoms with Crippen LogP contribution >= 0.6 is 11.6 Å². The second-order valence-corrected chi connectivity index (χ2v) is 5.09. The Hall–Kier alpha value is -1.80. The summed E-state index contributed by atoms with van der Waals surface area (Å²) in [6.07, 6.45) is 0.